The molecule has 0 fully saturated rings. The van der Waals surface area contributed by atoms with E-state index >= 15 is 0 Å². The highest BCUT2D eigenvalue weighted by Crippen LogP contribution is 2.28. The van der Waals surface area contributed by atoms with Crippen LogP contribution in [0.2, 0.25) is 0 Å². The van der Waals surface area contributed by atoms with E-state index < -0.39 is 0 Å². The minimum Gasteiger partial charge on any atom is -0.492 e. The molecular formula is C22H31NO2. The summed E-state index contributed by atoms with van der Waals surface area (Å²) in [5.74, 6) is 1.80. The van der Waals surface area contributed by atoms with Crippen molar-refractivity contribution in [3.05, 3.63) is 54.1 Å². The van der Waals surface area contributed by atoms with Gasteiger partial charge in [-0.15, -0.1) is 0 Å². The summed E-state index contributed by atoms with van der Waals surface area (Å²) in [5.41, 5.74) is 2.60. The highest BCUT2D eigenvalue weighted by Gasteiger charge is 2.17. The van der Waals surface area contributed by atoms with Crippen LogP contribution in [0.3, 0.4) is 0 Å². The second kappa shape index (κ2) is 8.80. The molecule has 0 aromatic heterocycles. The molecule has 3 heteroatoms. The van der Waals surface area contributed by atoms with Gasteiger partial charge in [-0.1, -0.05) is 39.0 Å². The first-order valence-electron chi connectivity index (χ1n) is 9.14. The van der Waals surface area contributed by atoms with E-state index in [1.165, 1.54) is 5.56 Å². The van der Waals surface area contributed by atoms with Crippen LogP contribution < -0.4 is 14.8 Å². The Balaban J connectivity index is 1.79. The summed E-state index contributed by atoms with van der Waals surface area (Å²) in [5, 5.41) is 3.37. The highest BCUT2D eigenvalue weighted by molar-refractivity contribution is 5.48. The van der Waals surface area contributed by atoms with Crippen LogP contribution in [0, 0.1) is 0 Å². The zero-order chi connectivity index (χ0) is 18.3. The molecular weight excluding hydrogens is 310 g/mol. The zero-order valence-electron chi connectivity index (χ0n) is 16.1. The molecule has 0 aliphatic rings. The van der Waals surface area contributed by atoms with Crippen LogP contribution in [0.25, 0.3) is 0 Å². The fraction of sp³-hybridized carbons (Fsp3) is 0.455. The molecule has 0 radical (unpaired) electrons. The lowest BCUT2D eigenvalue weighted by atomic mass is 9.82. The van der Waals surface area contributed by atoms with Gasteiger partial charge < -0.3 is 14.8 Å². The largest absolute Gasteiger partial charge is 0.492 e. The van der Waals surface area contributed by atoms with E-state index in [-0.39, 0.29) is 11.5 Å². The second-order valence-corrected chi connectivity index (χ2v) is 7.23. The summed E-state index contributed by atoms with van der Waals surface area (Å²) in [6, 6.07) is 16.5. The molecule has 3 nitrogen and oxygen atoms in total. The molecule has 2 aromatic rings. The van der Waals surface area contributed by atoms with Crippen LogP contribution in [0.4, 0.5) is 5.69 Å². The molecule has 136 valence electrons. The topological polar surface area (TPSA) is 30.5 Å². The lowest BCUT2D eigenvalue weighted by Gasteiger charge is -2.23. The average Bonchev–Trinajstić information content (AvgIpc) is 2.59. The van der Waals surface area contributed by atoms with Crippen molar-refractivity contribution in [3.63, 3.8) is 0 Å². The highest BCUT2D eigenvalue weighted by atomic mass is 16.5. The molecule has 0 spiro atoms. The minimum absolute atomic E-state index is 0.180. The van der Waals surface area contributed by atoms with Crippen molar-refractivity contribution in [3.8, 4) is 11.5 Å². The monoisotopic (exact) mass is 341 g/mol. The number of ether oxygens (including phenoxy) is 2. The summed E-state index contributed by atoms with van der Waals surface area (Å²) in [4.78, 5) is 0. The fourth-order valence-electron chi connectivity index (χ4n) is 2.52. The van der Waals surface area contributed by atoms with Crippen LogP contribution in [0.1, 0.15) is 46.6 Å². The molecule has 0 saturated carbocycles. The third kappa shape index (κ3) is 6.00. The van der Waals surface area contributed by atoms with Gasteiger partial charge in [0.2, 0.25) is 0 Å². The first kappa shape index (κ1) is 19.2. The Morgan fingerprint density at radius 1 is 1.00 bits per heavy atom. The van der Waals surface area contributed by atoms with Crippen LogP contribution in [0.5, 0.6) is 11.5 Å². The Bertz CT molecular complexity index is 647. The average molecular weight is 341 g/mol. The Morgan fingerprint density at radius 3 is 2.36 bits per heavy atom. The van der Waals surface area contributed by atoms with Crippen LogP contribution in [0.15, 0.2) is 48.5 Å². The molecule has 0 aliphatic heterocycles. The molecule has 0 heterocycles. The van der Waals surface area contributed by atoms with Crippen molar-refractivity contribution in [2.24, 2.45) is 0 Å². The standard InChI is InChI=1S/C22H31NO2/c1-6-22(4,5)18-10-12-20(13-11-18)24-15-14-23-19-8-7-9-21(16-19)25-17(2)3/h7-13,16-17,23H,6,14-15H2,1-5H3. The van der Waals surface area contributed by atoms with Gasteiger partial charge in [-0.3, -0.25) is 0 Å². The Labute approximate surface area is 152 Å². The first-order valence-corrected chi connectivity index (χ1v) is 9.14. The van der Waals surface area contributed by atoms with Crippen LogP contribution >= 0.6 is 0 Å². The maximum absolute atomic E-state index is 5.83. The normalized spacial score (nSPS) is 11.4. The molecule has 25 heavy (non-hydrogen) atoms. The predicted octanol–water partition coefficient (Wildman–Crippen LogP) is 5.65. The molecule has 0 unspecified atom stereocenters. The predicted molar refractivity (Wildman–Crippen MR) is 106 cm³/mol. The number of nitrogens with one attached hydrogen (secondary N) is 1. The number of benzene rings is 2. The summed E-state index contributed by atoms with van der Waals surface area (Å²) >= 11 is 0. The third-order valence-corrected chi connectivity index (χ3v) is 4.43. The van der Waals surface area contributed by atoms with Crippen molar-refractivity contribution in [1.82, 2.24) is 0 Å². The first-order chi connectivity index (χ1) is 11.9. The molecule has 2 aromatic carbocycles. The quantitative estimate of drug-likeness (QED) is 0.598. The summed E-state index contributed by atoms with van der Waals surface area (Å²) < 4.78 is 11.5. The zero-order valence-corrected chi connectivity index (χ0v) is 16.1. The van der Waals surface area contributed by atoms with Crippen molar-refractivity contribution in [1.29, 1.82) is 0 Å². The molecule has 0 aliphatic carbocycles. The second-order valence-electron chi connectivity index (χ2n) is 7.23. The third-order valence-electron chi connectivity index (χ3n) is 4.43. The van der Waals surface area contributed by atoms with E-state index in [9.17, 15) is 0 Å². The van der Waals surface area contributed by atoms with Gasteiger partial charge in [-0.25, -0.2) is 0 Å². The van der Waals surface area contributed by atoms with Gasteiger partial charge in [0.1, 0.15) is 18.1 Å². The molecule has 0 bridgehead atoms. The van der Waals surface area contributed by atoms with Gasteiger partial charge in [0, 0.05) is 18.3 Å². The summed E-state index contributed by atoms with van der Waals surface area (Å²) in [6.45, 7) is 12.2. The maximum atomic E-state index is 5.83. The smallest absolute Gasteiger partial charge is 0.121 e. The van der Waals surface area contributed by atoms with E-state index in [1.54, 1.807) is 0 Å². The minimum atomic E-state index is 0.180. The van der Waals surface area contributed by atoms with E-state index in [1.807, 2.05) is 38.1 Å². The van der Waals surface area contributed by atoms with Gasteiger partial charge >= 0.3 is 0 Å². The van der Waals surface area contributed by atoms with E-state index in [0.717, 1.165) is 30.2 Å². The van der Waals surface area contributed by atoms with E-state index in [4.69, 9.17) is 9.47 Å². The van der Waals surface area contributed by atoms with Gasteiger partial charge in [0.15, 0.2) is 0 Å². The van der Waals surface area contributed by atoms with E-state index in [2.05, 4.69) is 50.4 Å². The van der Waals surface area contributed by atoms with Crippen LogP contribution in [-0.2, 0) is 5.41 Å². The molecule has 0 saturated heterocycles. The van der Waals surface area contributed by atoms with Gasteiger partial charge in [-0.2, -0.15) is 0 Å². The van der Waals surface area contributed by atoms with Gasteiger partial charge in [0.25, 0.3) is 0 Å². The van der Waals surface area contributed by atoms with Crippen LogP contribution in [-0.4, -0.2) is 19.3 Å². The lowest BCUT2D eigenvalue weighted by Crippen LogP contribution is -2.15. The Morgan fingerprint density at radius 2 is 1.72 bits per heavy atom. The van der Waals surface area contributed by atoms with Gasteiger partial charge in [-0.05, 0) is 55.5 Å². The maximum Gasteiger partial charge on any atom is 0.121 e. The summed E-state index contributed by atoms with van der Waals surface area (Å²) in [7, 11) is 0. The van der Waals surface area contributed by atoms with Crippen molar-refractivity contribution >= 4 is 5.69 Å². The van der Waals surface area contributed by atoms with Crippen molar-refractivity contribution in [2.75, 3.05) is 18.5 Å². The van der Waals surface area contributed by atoms with E-state index in [0.29, 0.717) is 6.61 Å². The molecule has 0 amide bonds. The fourth-order valence-corrected chi connectivity index (χ4v) is 2.52. The Kier molecular flexibility index (Phi) is 6.74. The number of rotatable bonds is 9. The summed E-state index contributed by atoms with van der Waals surface area (Å²) in [6.07, 6.45) is 1.30. The van der Waals surface area contributed by atoms with Crippen molar-refractivity contribution < 1.29 is 9.47 Å². The SMILES string of the molecule is CCC(C)(C)c1ccc(OCCNc2cccc(OC(C)C)c2)cc1. The van der Waals surface area contributed by atoms with Gasteiger partial charge in [0.05, 0.1) is 6.10 Å². The molecule has 2 rings (SSSR count). The molecule has 1 N–H and O–H groups in total. The number of hydrogen-bond donors (Lipinski definition) is 1. The Hall–Kier alpha value is -2.16. The number of anilines is 1. The molecule has 0 atom stereocenters. The van der Waals surface area contributed by atoms with Crippen molar-refractivity contribution in [2.45, 2.75) is 52.6 Å². The number of hydrogen-bond acceptors (Lipinski definition) is 3. The lowest BCUT2D eigenvalue weighted by molar-refractivity contribution is 0.242.